The summed E-state index contributed by atoms with van der Waals surface area (Å²) in [6.45, 7) is 0.435. The number of hydrogen-bond donors (Lipinski definition) is 6. The number of para-hydroxylation sites is 1. The number of carbonyl (C=O) groups excluding carboxylic acids is 1. The van der Waals surface area contributed by atoms with E-state index in [-0.39, 0.29) is 18.3 Å². The van der Waals surface area contributed by atoms with Gasteiger partial charge in [0.05, 0.1) is 6.61 Å². The first-order valence-corrected chi connectivity index (χ1v) is 10.8. The van der Waals surface area contributed by atoms with E-state index in [0.29, 0.717) is 28.8 Å². The van der Waals surface area contributed by atoms with E-state index >= 15 is 0 Å². The van der Waals surface area contributed by atoms with Crippen LogP contribution in [0.1, 0.15) is 22.6 Å². The lowest BCUT2D eigenvalue weighted by molar-refractivity contribution is -0.144. The highest BCUT2D eigenvalue weighted by Crippen LogP contribution is 2.40. The Labute approximate surface area is 207 Å². The van der Waals surface area contributed by atoms with Gasteiger partial charge in [-0.1, -0.05) is 41.4 Å². The molecule has 0 bridgehead atoms. The quantitative estimate of drug-likeness (QED) is 0.324. The second-order valence-corrected chi connectivity index (χ2v) is 8.80. The number of fused-ring (bicyclic) bond motifs is 1. The monoisotopic (exact) mass is 520 g/mol. The van der Waals surface area contributed by atoms with Crippen molar-refractivity contribution in [2.45, 2.75) is 36.9 Å². The van der Waals surface area contributed by atoms with Crippen LogP contribution in [0, 0.1) is 0 Å². The standard InChI is InChI=1S/C22H26Cl2N2O6.ClH/c1-26-8-14(13-6-11(23)7-16(24)15(13)9-26)12-4-2-3-5-17(12)25-22(32)21(31)20(30)19(29)18(28)10-27;/h2-7,14,18-21,27-31H,8-10H2,1H3,(H,25,32);1H/t14?,18-,19-,20+,21-;/m1./s1. The van der Waals surface area contributed by atoms with E-state index in [4.69, 9.17) is 28.3 Å². The van der Waals surface area contributed by atoms with Crippen LogP contribution in [-0.2, 0) is 11.3 Å². The molecule has 0 aliphatic carbocycles. The number of amides is 1. The Hall–Kier alpha value is -1.46. The summed E-state index contributed by atoms with van der Waals surface area (Å²) >= 11 is 12.7. The number of rotatable bonds is 7. The molecule has 1 aliphatic heterocycles. The Morgan fingerprint density at radius 3 is 2.45 bits per heavy atom. The Balaban J connectivity index is 0.00000385. The van der Waals surface area contributed by atoms with Gasteiger partial charge in [0.2, 0.25) is 0 Å². The fraction of sp³-hybridized carbons (Fsp3) is 0.409. The van der Waals surface area contributed by atoms with Gasteiger partial charge in [0, 0.05) is 34.7 Å². The molecule has 5 atom stereocenters. The molecule has 3 rings (SSSR count). The lowest BCUT2D eigenvalue weighted by Crippen LogP contribution is -2.50. The van der Waals surface area contributed by atoms with Gasteiger partial charge in [-0.05, 0) is 41.9 Å². The fourth-order valence-electron chi connectivity index (χ4n) is 3.91. The molecule has 0 spiro atoms. The summed E-state index contributed by atoms with van der Waals surface area (Å²) in [5.41, 5.74) is 3.03. The molecule has 33 heavy (non-hydrogen) atoms. The summed E-state index contributed by atoms with van der Waals surface area (Å²) in [4.78, 5) is 14.7. The van der Waals surface area contributed by atoms with Gasteiger partial charge in [-0.25, -0.2) is 0 Å². The summed E-state index contributed by atoms with van der Waals surface area (Å²) < 4.78 is 0. The van der Waals surface area contributed by atoms with Gasteiger partial charge in [-0.3, -0.25) is 4.79 Å². The molecule has 6 N–H and O–H groups in total. The highest BCUT2D eigenvalue weighted by molar-refractivity contribution is 6.35. The van der Waals surface area contributed by atoms with Crippen molar-refractivity contribution >= 4 is 47.2 Å². The number of likely N-dealkylation sites (N-methyl/N-ethyl adjacent to an activating group) is 1. The zero-order chi connectivity index (χ0) is 23.6. The van der Waals surface area contributed by atoms with Crippen molar-refractivity contribution in [3.05, 3.63) is 63.1 Å². The Morgan fingerprint density at radius 2 is 1.79 bits per heavy atom. The van der Waals surface area contributed by atoms with Crippen molar-refractivity contribution < 1.29 is 30.3 Å². The molecule has 1 aliphatic rings. The van der Waals surface area contributed by atoms with E-state index in [0.717, 1.165) is 16.7 Å². The maximum Gasteiger partial charge on any atom is 0.256 e. The molecule has 1 amide bonds. The molecule has 182 valence electrons. The third-order valence-electron chi connectivity index (χ3n) is 5.61. The third kappa shape index (κ3) is 6.16. The molecule has 1 heterocycles. The molecule has 11 heteroatoms. The lowest BCUT2D eigenvalue weighted by Gasteiger charge is -2.34. The number of aliphatic hydroxyl groups is 5. The summed E-state index contributed by atoms with van der Waals surface area (Å²) in [7, 11) is 1.95. The van der Waals surface area contributed by atoms with E-state index in [1.807, 2.05) is 25.2 Å². The third-order valence-corrected chi connectivity index (χ3v) is 6.17. The van der Waals surface area contributed by atoms with Crippen molar-refractivity contribution in [2.24, 2.45) is 0 Å². The van der Waals surface area contributed by atoms with Gasteiger partial charge in [-0.15, -0.1) is 12.4 Å². The van der Waals surface area contributed by atoms with Gasteiger partial charge in [0.1, 0.15) is 18.3 Å². The van der Waals surface area contributed by atoms with Crippen molar-refractivity contribution in [3.63, 3.8) is 0 Å². The first-order chi connectivity index (χ1) is 15.1. The normalized spacial score (nSPS) is 19.6. The maximum atomic E-state index is 12.6. The topological polar surface area (TPSA) is 133 Å². The molecular weight excluding hydrogens is 495 g/mol. The molecule has 0 saturated carbocycles. The second-order valence-electron chi connectivity index (χ2n) is 7.96. The van der Waals surface area contributed by atoms with Crippen LogP contribution in [0.4, 0.5) is 5.69 Å². The average molecular weight is 522 g/mol. The summed E-state index contributed by atoms with van der Waals surface area (Å²) in [5.74, 6) is -1.15. The second kappa shape index (κ2) is 11.8. The van der Waals surface area contributed by atoms with Gasteiger partial charge >= 0.3 is 0 Å². The van der Waals surface area contributed by atoms with Crippen molar-refractivity contribution in [3.8, 4) is 0 Å². The highest BCUT2D eigenvalue weighted by Gasteiger charge is 2.35. The first kappa shape index (κ1) is 27.8. The van der Waals surface area contributed by atoms with Crippen LogP contribution in [0.5, 0.6) is 0 Å². The summed E-state index contributed by atoms with van der Waals surface area (Å²) in [6, 6.07) is 10.6. The van der Waals surface area contributed by atoms with Crippen molar-refractivity contribution in [2.75, 3.05) is 25.5 Å². The van der Waals surface area contributed by atoms with Crippen LogP contribution in [0.2, 0.25) is 10.0 Å². The first-order valence-electron chi connectivity index (χ1n) is 10.0. The fourth-order valence-corrected chi connectivity index (χ4v) is 4.48. The SMILES string of the molecule is CN1Cc2c(Cl)cc(Cl)cc2C(c2ccccc2NC(=O)[C@H](O)[C@@H](O)[C@H](O)[C@H](O)CO)C1.Cl. The molecule has 1 unspecified atom stereocenters. The number of hydrogen-bond acceptors (Lipinski definition) is 7. The Morgan fingerprint density at radius 1 is 1.12 bits per heavy atom. The Bertz CT molecular complexity index is 979. The molecule has 0 saturated heterocycles. The van der Waals surface area contributed by atoms with Crippen molar-refractivity contribution in [1.29, 1.82) is 0 Å². The molecular formula is C22H27Cl3N2O6. The Kier molecular flexibility index (Phi) is 9.93. The van der Waals surface area contributed by atoms with Gasteiger partial charge in [0.25, 0.3) is 5.91 Å². The zero-order valence-corrected chi connectivity index (χ0v) is 20.1. The van der Waals surface area contributed by atoms with Crippen LogP contribution in [0.25, 0.3) is 0 Å². The van der Waals surface area contributed by atoms with Crippen LogP contribution >= 0.6 is 35.6 Å². The minimum Gasteiger partial charge on any atom is -0.394 e. The molecule has 0 aromatic heterocycles. The minimum absolute atomic E-state index is 0. The highest BCUT2D eigenvalue weighted by atomic mass is 35.5. The number of nitrogens with one attached hydrogen (secondary N) is 1. The van der Waals surface area contributed by atoms with Gasteiger partial charge in [-0.2, -0.15) is 0 Å². The predicted molar refractivity (Wildman–Crippen MR) is 128 cm³/mol. The molecule has 0 radical (unpaired) electrons. The zero-order valence-electron chi connectivity index (χ0n) is 17.7. The number of anilines is 1. The number of benzene rings is 2. The van der Waals surface area contributed by atoms with Crippen molar-refractivity contribution in [1.82, 2.24) is 4.90 Å². The average Bonchev–Trinajstić information content (AvgIpc) is 2.77. The molecule has 2 aromatic rings. The molecule has 2 aromatic carbocycles. The van der Waals surface area contributed by atoms with Gasteiger partial charge in [0.15, 0.2) is 6.10 Å². The minimum atomic E-state index is -2.04. The van der Waals surface area contributed by atoms with E-state index in [2.05, 4.69) is 10.2 Å². The van der Waals surface area contributed by atoms with E-state index in [9.17, 15) is 25.2 Å². The van der Waals surface area contributed by atoms with E-state index in [1.165, 1.54) is 0 Å². The number of nitrogens with zero attached hydrogens (tertiary/aromatic N) is 1. The predicted octanol–water partition coefficient (Wildman–Crippen LogP) is 1.37. The summed E-state index contributed by atoms with van der Waals surface area (Å²) in [5, 5.41) is 52.0. The van der Waals surface area contributed by atoms with E-state index < -0.39 is 36.9 Å². The van der Waals surface area contributed by atoms with Crippen LogP contribution in [-0.4, -0.2) is 81.0 Å². The smallest absolute Gasteiger partial charge is 0.256 e. The maximum absolute atomic E-state index is 12.6. The number of aliphatic hydroxyl groups excluding tert-OH is 5. The van der Waals surface area contributed by atoms with Crippen LogP contribution < -0.4 is 5.32 Å². The number of carbonyl (C=O) groups is 1. The van der Waals surface area contributed by atoms with Crippen LogP contribution in [0.3, 0.4) is 0 Å². The largest absolute Gasteiger partial charge is 0.394 e. The number of halogens is 3. The van der Waals surface area contributed by atoms with E-state index in [1.54, 1.807) is 18.2 Å². The van der Waals surface area contributed by atoms with Crippen LogP contribution in [0.15, 0.2) is 36.4 Å². The van der Waals surface area contributed by atoms with Gasteiger partial charge < -0.3 is 35.7 Å². The summed E-state index contributed by atoms with van der Waals surface area (Å²) in [6.07, 6.45) is -7.64. The molecule has 0 fully saturated rings. The molecule has 8 nitrogen and oxygen atoms in total. The lowest BCUT2D eigenvalue weighted by atomic mass is 9.84.